The first-order valence-electron chi connectivity index (χ1n) is 6.18. The number of carbonyl (C=O) groups is 2. The van der Waals surface area contributed by atoms with E-state index in [4.69, 9.17) is 9.47 Å². The lowest BCUT2D eigenvalue weighted by Gasteiger charge is -2.10. The van der Waals surface area contributed by atoms with E-state index in [1.165, 1.54) is 14.0 Å². The van der Waals surface area contributed by atoms with E-state index < -0.39 is 5.97 Å². The fourth-order valence-corrected chi connectivity index (χ4v) is 2.20. The second-order valence-electron chi connectivity index (χ2n) is 4.29. The standard InChI is InChI=1S/C16H13BrO4/c1-10(18)12-5-3-4-6-15(12)21-16(19)13-9-11(17)7-8-14(13)20-2/h3-9H,1-2H3. The molecule has 0 bridgehead atoms. The molecule has 2 rings (SSSR count). The van der Waals surface area contributed by atoms with Crippen LogP contribution in [0.4, 0.5) is 0 Å². The summed E-state index contributed by atoms with van der Waals surface area (Å²) in [5.74, 6) is -0.109. The van der Waals surface area contributed by atoms with Crippen molar-refractivity contribution >= 4 is 27.7 Å². The monoisotopic (exact) mass is 348 g/mol. The van der Waals surface area contributed by atoms with Crippen LogP contribution in [0.25, 0.3) is 0 Å². The number of Topliss-reactive ketones (excluding diaryl/α,β-unsaturated/α-hetero) is 1. The Labute approximate surface area is 130 Å². The van der Waals surface area contributed by atoms with Gasteiger partial charge >= 0.3 is 5.97 Å². The summed E-state index contributed by atoms with van der Waals surface area (Å²) in [5, 5.41) is 0. The zero-order valence-electron chi connectivity index (χ0n) is 11.6. The van der Waals surface area contributed by atoms with Crippen LogP contribution in [0.5, 0.6) is 11.5 Å². The zero-order valence-corrected chi connectivity index (χ0v) is 13.1. The van der Waals surface area contributed by atoms with Gasteiger partial charge in [-0.25, -0.2) is 4.79 Å². The van der Waals surface area contributed by atoms with E-state index in [0.29, 0.717) is 11.3 Å². The summed E-state index contributed by atoms with van der Waals surface area (Å²) in [6.07, 6.45) is 0. The first-order chi connectivity index (χ1) is 10.0. The minimum Gasteiger partial charge on any atom is -0.496 e. The molecule has 0 aromatic heterocycles. The number of hydrogen-bond acceptors (Lipinski definition) is 4. The van der Waals surface area contributed by atoms with Crippen molar-refractivity contribution in [3.63, 3.8) is 0 Å². The largest absolute Gasteiger partial charge is 0.496 e. The lowest BCUT2D eigenvalue weighted by Crippen LogP contribution is -2.12. The maximum Gasteiger partial charge on any atom is 0.347 e. The van der Waals surface area contributed by atoms with Crippen LogP contribution < -0.4 is 9.47 Å². The van der Waals surface area contributed by atoms with E-state index in [1.54, 1.807) is 42.5 Å². The van der Waals surface area contributed by atoms with Gasteiger partial charge in [-0.05, 0) is 37.3 Å². The highest BCUT2D eigenvalue weighted by molar-refractivity contribution is 9.10. The minimum absolute atomic E-state index is 0.167. The third-order valence-electron chi connectivity index (χ3n) is 2.85. The number of hydrogen-bond donors (Lipinski definition) is 0. The second kappa shape index (κ2) is 6.54. The molecule has 5 heteroatoms. The minimum atomic E-state index is -0.582. The van der Waals surface area contributed by atoms with Gasteiger partial charge in [-0.1, -0.05) is 28.1 Å². The number of para-hydroxylation sites is 1. The van der Waals surface area contributed by atoms with E-state index in [2.05, 4.69) is 15.9 Å². The summed E-state index contributed by atoms with van der Waals surface area (Å²) < 4.78 is 11.2. The second-order valence-corrected chi connectivity index (χ2v) is 5.20. The SMILES string of the molecule is COc1ccc(Br)cc1C(=O)Oc1ccccc1C(C)=O. The molecule has 0 atom stereocenters. The zero-order chi connectivity index (χ0) is 15.4. The number of methoxy groups -OCH3 is 1. The van der Waals surface area contributed by atoms with Gasteiger partial charge in [0, 0.05) is 4.47 Å². The fraction of sp³-hybridized carbons (Fsp3) is 0.125. The van der Waals surface area contributed by atoms with Crippen molar-refractivity contribution in [3.8, 4) is 11.5 Å². The first kappa shape index (κ1) is 15.3. The average molecular weight is 349 g/mol. The summed E-state index contributed by atoms with van der Waals surface area (Å²) >= 11 is 3.30. The summed E-state index contributed by atoms with van der Waals surface area (Å²) in [4.78, 5) is 23.8. The van der Waals surface area contributed by atoms with Crippen molar-refractivity contribution in [2.75, 3.05) is 7.11 Å². The van der Waals surface area contributed by atoms with Gasteiger partial charge < -0.3 is 9.47 Å². The molecule has 0 aliphatic carbocycles. The normalized spacial score (nSPS) is 10.0. The van der Waals surface area contributed by atoms with E-state index in [1.807, 2.05) is 0 Å². The van der Waals surface area contributed by atoms with Crippen LogP contribution in [0.3, 0.4) is 0 Å². The molecule has 0 spiro atoms. The van der Waals surface area contributed by atoms with Crippen molar-refractivity contribution in [1.29, 1.82) is 0 Å². The van der Waals surface area contributed by atoms with Crippen molar-refractivity contribution < 1.29 is 19.1 Å². The van der Waals surface area contributed by atoms with Crippen LogP contribution in [0.1, 0.15) is 27.6 Å². The Kier molecular flexibility index (Phi) is 4.75. The van der Waals surface area contributed by atoms with E-state index in [9.17, 15) is 9.59 Å². The Morgan fingerprint density at radius 2 is 1.71 bits per heavy atom. The molecule has 0 aliphatic rings. The molecule has 0 amide bonds. The molecule has 0 unspecified atom stereocenters. The van der Waals surface area contributed by atoms with Crippen molar-refractivity contribution in [2.45, 2.75) is 6.92 Å². The van der Waals surface area contributed by atoms with Gasteiger partial charge in [0.25, 0.3) is 0 Å². The van der Waals surface area contributed by atoms with Gasteiger partial charge in [-0.15, -0.1) is 0 Å². The molecule has 2 aromatic carbocycles. The van der Waals surface area contributed by atoms with Crippen molar-refractivity contribution in [2.24, 2.45) is 0 Å². The topological polar surface area (TPSA) is 52.6 Å². The van der Waals surface area contributed by atoms with E-state index in [-0.39, 0.29) is 17.1 Å². The highest BCUT2D eigenvalue weighted by atomic mass is 79.9. The van der Waals surface area contributed by atoms with Gasteiger partial charge in [0.15, 0.2) is 5.78 Å². The molecule has 0 N–H and O–H groups in total. The Balaban J connectivity index is 2.35. The van der Waals surface area contributed by atoms with Crippen molar-refractivity contribution in [3.05, 3.63) is 58.1 Å². The van der Waals surface area contributed by atoms with Crippen LogP contribution in [0.15, 0.2) is 46.9 Å². The maximum atomic E-state index is 12.3. The average Bonchev–Trinajstić information content (AvgIpc) is 2.47. The number of carbonyl (C=O) groups excluding carboxylic acids is 2. The predicted octanol–water partition coefficient (Wildman–Crippen LogP) is 3.88. The molecule has 108 valence electrons. The summed E-state index contributed by atoms with van der Waals surface area (Å²) in [5.41, 5.74) is 0.644. The third kappa shape index (κ3) is 3.49. The maximum absolute atomic E-state index is 12.3. The van der Waals surface area contributed by atoms with Gasteiger partial charge in [-0.2, -0.15) is 0 Å². The Bertz CT molecular complexity index is 694. The number of benzene rings is 2. The molecule has 0 fully saturated rings. The lowest BCUT2D eigenvalue weighted by atomic mass is 10.1. The summed E-state index contributed by atoms with van der Waals surface area (Å²) in [6, 6.07) is 11.7. The molecule has 0 saturated carbocycles. The quantitative estimate of drug-likeness (QED) is 0.478. The van der Waals surface area contributed by atoms with Crippen LogP contribution in [0.2, 0.25) is 0 Å². The highest BCUT2D eigenvalue weighted by Crippen LogP contribution is 2.26. The molecule has 21 heavy (non-hydrogen) atoms. The molecule has 0 radical (unpaired) electrons. The van der Waals surface area contributed by atoms with Crippen LogP contribution >= 0.6 is 15.9 Å². The fourth-order valence-electron chi connectivity index (χ4n) is 1.84. The van der Waals surface area contributed by atoms with E-state index >= 15 is 0 Å². The molecular formula is C16H13BrO4. The molecule has 0 saturated heterocycles. The molecular weight excluding hydrogens is 336 g/mol. The summed E-state index contributed by atoms with van der Waals surface area (Å²) in [7, 11) is 1.48. The number of halogens is 1. The van der Waals surface area contributed by atoms with Gasteiger partial charge in [0.1, 0.15) is 17.1 Å². The van der Waals surface area contributed by atoms with Crippen LogP contribution in [-0.2, 0) is 0 Å². The van der Waals surface area contributed by atoms with Gasteiger partial charge in [0.2, 0.25) is 0 Å². The molecule has 0 heterocycles. The Morgan fingerprint density at radius 3 is 2.38 bits per heavy atom. The number of rotatable bonds is 4. The van der Waals surface area contributed by atoms with Crippen molar-refractivity contribution in [1.82, 2.24) is 0 Å². The van der Waals surface area contributed by atoms with E-state index in [0.717, 1.165) is 4.47 Å². The Hall–Kier alpha value is -2.14. The first-order valence-corrected chi connectivity index (χ1v) is 6.98. The lowest BCUT2D eigenvalue weighted by molar-refractivity contribution is 0.0729. The van der Waals surface area contributed by atoms with Gasteiger partial charge in [-0.3, -0.25) is 4.79 Å². The van der Waals surface area contributed by atoms with Gasteiger partial charge in [0.05, 0.1) is 12.7 Å². The predicted molar refractivity (Wildman–Crippen MR) is 82.1 cm³/mol. The van der Waals surface area contributed by atoms with Crippen LogP contribution in [0, 0.1) is 0 Å². The Morgan fingerprint density at radius 1 is 1.00 bits per heavy atom. The summed E-state index contributed by atoms with van der Waals surface area (Å²) in [6.45, 7) is 1.42. The molecule has 0 aliphatic heterocycles. The molecule has 4 nitrogen and oxygen atoms in total. The number of ether oxygens (including phenoxy) is 2. The smallest absolute Gasteiger partial charge is 0.347 e. The van der Waals surface area contributed by atoms with Crippen LogP contribution in [-0.4, -0.2) is 18.9 Å². The highest BCUT2D eigenvalue weighted by Gasteiger charge is 2.17. The number of ketones is 1. The third-order valence-corrected chi connectivity index (χ3v) is 3.34. The number of esters is 1. The molecule has 2 aromatic rings.